The second-order valence-electron chi connectivity index (χ2n) is 8.40. The first kappa shape index (κ1) is 22.5. The van der Waals surface area contributed by atoms with Gasteiger partial charge in [0.05, 0.1) is 11.6 Å². The zero-order chi connectivity index (χ0) is 22.5. The minimum Gasteiger partial charge on any atom is -0.503 e. The van der Waals surface area contributed by atoms with Gasteiger partial charge in [-0.2, -0.15) is 0 Å². The summed E-state index contributed by atoms with van der Waals surface area (Å²) >= 11 is 0. The van der Waals surface area contributed by atoms with Crippen LogP contribution in [0.3, 0.4) is 0 Å². The van der Waals surface area contributed by atoms with Crippen molar-refractivity contribution in [2.75, 3.05) is 27.2 Å². The zero-order valence-corrected chi connectivity index (χ0v) is 18.6. The highest BCUT2D eigenvalue weighted by Gasteiger charge is 2.42. The minimum atomic E-state index is -0.610. The summed E-state index contributed by atoms with van der Waals surface area (Å²) in [6, 6.07) is 16.8. The van der Waals surface area contributed by atoms with Crippen molar-refractivity contribution >= 4 is 17.8 Å². The predicted octanol–water partition coefficient (Wildman–Crippen LogP) is 4.35. The highest BCUT2D eigenvalue weighted by Crippen LogP contribution is 2.38. The van der Waals surface area contributed by atoms with Gasteiger partial charge in [-0.1, -0.05) is 74.5 Å². The second-order valence-corrected chi connectivity index (χ2v) is 8.40. The first-order valence-electron chi connectivity index (χ1n) is 10.6. The molecule has 2 aromatic carbocycles. The molecule has 1 N–H and O–H groups in total. The van der Waals surface area contributed by atoms with Gasteiger partial charge >= 0.3 is 0 Å². The van der Waals surface area contributed by atoms with Crippen LogP contribution in [0, 0.1) is 0 Å². The third kappa shape index (κ3) is 5.12. The van der Waals surface area contributed by atoms with Crippen LogP contribution in [0.2, 0.25) is 0 Å². The molecule has 1 heterocycles. The molecular weight excluding hydrogens is 388 g/mol. The van der Waals surface area contributed by atoms with Gasteiger partial charge < -0.3 is 14.9 Å². The molecule has 0 radical (unpaired) electrons. The summed E-state index contributed by atoms with van der Waals surface area (Å²) in [7, 11) is 3.85. The van der Waals surface area contributed by atoms with Crippen molar-refractivity contribution < 1.29 is 14.7 Å². The topological polar surface area (TPSA) is 60.9 Å². The van der Waals surface area contributed by atoms with Crippen molar-refractivity contribution in [3.8, 4) is 0 Å². The standard InChI is InChI=1S/C26H30N2O3/c1-18(2)20-11-13-21(14-12-20)24-23(22(29)15-10-19-8-6-5-7-9-19)25(30)26(31)28(24)17-16-27(3)4/h5-15,18,24,30H,16-17H2,1-4H3/b15-10+. The molecule has 0 saturated heterocycles. The molecule has 0 aromatic heterocycles. The van der Waals surface area contributed by atoms with E-state index in [2.05, 4.69) is 13.8 Å². The number of ketones is 1. The molecule has 5 heteroatoms. The van der Waals surface area contributed by atoms with Crippen LogP contribution < -0.4 is 0 Å². The lowest BCUT2D eigenvalue weighted by atomic mass is 9.93. The molecule has 2 aromatic rings. The fraction of sp³-hybridized carbons (Fsp3) is 0.308. The zero-order valence-electron chi connectivity index (χ0n) is 18.6. The van der Waals surface area contributed by atoms with Gasteiger partial charge in [-0.25, -0.2) is 0 Å². The minimum absolute atomic E-state index is 0.133. The van der Waals surface area contributed by atoms with E-state index in [1.807, 2.05) is 73.6 Å². The Kier molecular flexibility index (Phi) is 7.08. The molecule has 1 unspecified atom stereocenters. The van der Waals surface area contributed by atoms with E-state index in [1.54, 1.807) is 11.0 Å². The molecule has 162 valence electrons. The number of carbonyl (C=O) groups excluding carboxylic acids is 2. The Balaban J connectivity index is 1.97. The van der Waals surface area contributed by atoms with Crippen LogP contribution in [-0.2, 0) is 9.59 Å². The van der Waals surface area contributed by atoms with Gasteiger partial charge in [0.25, 0.3) is 5.91 Å². The number of hydrogen-bond donors (Lipinski definition) is 1. The van der Waals surface area contributed by atoms with Gasteiger partial charge in [0.15, 0.2) is 11.5 Å². The molecule has 1 aliphatic heterocycles. The van der Waals surface area contributed by atoms with Gasteiger partial charge in [-0.3, -0.25) is 9.59 Å². The number of benzene rings is 2. The Morgan fingerprint density at radius 3 is 2.32 bits per heavy atom. The Hall–Kier alpha value is -3.18. The van der Waals surface area contributed by atoms with Crippen molar-refractivity contribution in [1.29, 1.82) is 0 Å². The lowest BCUT2D eigenvalue weighted by Crippen LogP contribution is -2.36. The maximum absolute atomic E-state index is 13.1. The van der Waals surface area contributed by atoms with E-state index < -0.39 is 17.7 Å². The first-order chi connectivity index (χ1) is 14.8. The van der Waals surface area contributed by atoms with E-state index in [0.717, 1.165) is 11.1 Å². The SMILES string of the molecule is CC(C)c1ccc(C2C(C(=O)/C=C/c3ccccc3)=C(O)C(=O)N2CCN(C)C)cc1. The van der Waals surface area contributed by atoms with Crippen molar-refractivity contribution in [3.05, 3.63) is 88.7 Å². The van der Waals surface area contributed by atoms with Crippen LogP contribution in [0.1, 0.15) is 42.5 Å². The third-order valence-corrected chi connectivity index (χ3v) is 5.50. The molecule has 0 fully saturated rings. The number of allylic oxidation sites excluding steroid dienone is 1. The number of carbonyl (C=O) groups is 2. The summed E-state index contributed by atoms with van der Waals surface area (Å²) in [5.41, 5.74) is 3.01. The van der Waals surface area contributed by atoms with Gasteiger partial charge in [-0.05, 0) is 42.8 Å². The molecule has 1 aliphatic rings. The van der Waals surface area contributed by atoms with Gasteiger partial charge in [-0.15, -0.1) is 0 Å². The monoisotopic (exact) mass is 418 g/mol. The van der Waals surface area contributed by atoms with Crippen molar-refractivity contribution in [1.82, 2.24) is 9.80 Å². The van der Waals surface area contributed by atoms with Crippen LogP contribution >= 0.6 is 0 Å². The van der Waals surface area contributed by atoms with E-state index in [1.165, 1.54) is 11.6 Å². The normalized spacial score (nSPS) is 16.9. The average Bonchev–Trinajstić information content (AvgIpc) is 3.01. The number of nitrogens with zero attached hydrogens (tertiary/aromatic N) is 2. The molecule has 1 atom stereocenters. The fourth-order valence-corrected chi connectivity index (χ4v) is 3.68. The largest absolute Gasteiger partial charge is 0.503 e. The fourth-order valence-electron chi connectivity index (χ4n) is 3.68. The summed E-state index contributed by atoms with van der Waals surface area (Å²) in [6.45, 7) is 5.27. The van der Waals surface area contributed by atoms with E-state index in [9.17, 15) is 14.7 Å². The molecule has 5 nitrogen and oxygen atoms in total. The lowest BCUT2D eigenvalue weighted by Gasteiger charge is -2.28. The Morgan fingerprint density at radius 2 is 1.74 bits per heavy atom. The van der Waals surface area contributed by atoms with E-state index >= 15 is 0 Å². The van der Waals surface area contributed by atoms with E-state index in [0.29, 0.717) is 19.0 Å². The Morgan fingerprint density at radius 1 is 1.10 bits per heavy atom. The Bertz CT molecular complexity index is 989. The van der Waals surface area contributed by atoms with Crippen LogP contribution in [0.5, 0.6) is 0 Å². The van der Waals surface area contributed by atoms with Crippen molar-refractivity contribution in [2.24, 2.45) is 0 Å². The number of amides is 1. The number of aliphatic hydroxyl groups is 1. The smallest absolute Gasteiger partial charge is 0.290 e. The molecule has 1 amide bonds. The van der Waals surface area contributed by atoms with E-state index in [-0.39, 0.29) is 11.4 Å². The second kappa shape index (κ2) is 9.75. The van der Waals surface area contributed by atoms with Gasteiger partial charge in [0.2, 0.25) is 0 Å². The molecule has 0 aliphatic carbocycles. The summed E-state index contributed by atoms with van der Waals surface area (Å²) in [6.07, 6.45) is 3.13. The van der Waals surface area contributed by atoms with Crippen LogP contribution in [0.4, 0.5) is 0 Å². The number of likely N-dealkylation sites (N-methyl/N-ethyl adjacent to an activating group) is 1. The average molecular weight is 419 g/mol. The molecule has 31 heavy (non-hydrogen) atoms. The maximum atomic E-state index is 13.1. The quantitative estimate of drug-likeness (QED) is 0.648. The van der Waals surface area contributed by atoms with Crippen LogP contribution in [0.25, 0.3) is 6.08 Å². The molecule has 0 bridgehead atoms. The summed E-state index contributed by atoms with van der Waals surface area (Å²) in [5.74, 6) is -0.946. The molecular formula is C26H30N2O3. The third-order valence-electron chi connectivity index (χ3n) is 5.50. The number of hydrogen-bond acceptors (Lipinski definition) is 4. The van der Waals surface area contributed by atoms with Crippen molar-refractivity contribution in [3.63, 3.8) is 0 Å². The van der Waals surface area contributed by atoms with Crippen LogP contribution in [0.15, 0.2) is 72.0 Å². The van der Waals surface area contributed by atoms with Crippen molar-refractivity contribution in [2.45, 2.75) is 25.8 Å². The van der Waals surface area contributed by atoms with E-state index in [4.69, 9.17) is 0 Å². The lowest BCUT2D eigenvalue weighted by molar-refractivity contribution is -0.129. The van der Waals surface area contributed by atoms with Gasteiger partial charge in [0.1, 0.15) is 0 Å². The van der Waals surface area contributed by atoms with Crippen LogP contribution in [-0.4, -0.2) is 53.8 Å². The van der Waals surface area contributed by atoms with Gasteiger partial charge in [0, 0.05) is 13.1 Å². The highest BCUT2D eigenvalue weighted by atomic mass is 16.3. The number of aliphatic hydroxyl groups excluding tert-OH is 1. The molecule has 0 saturated carbocycles. The maximum Gasteiger partial charge on any atom is 0.290 e. The molecule has 0 spiro atoms. The summed E-state index contributed by atoms with van der Waals surface area (Å²) < 4.78 is 0. The first-order valence-corrected chi connectivity index (χ1v) is 10.6. The predicted molar refractivity (Wildman–Crippen MR) is 124 cm³/mol. The Labute approximate surface area is 184 Å². The number of rotatable bonds is 8. The highest BCUT2D eigenvalue weighted by molar-refractivity contribution is 6.14. The molecule has 3 rings (SSSR count). The summed E-state index contributed by atoms with van der Waals surface area (Å²) in [4.78, 5) is 29.6. The summed E-state index contributed by atoms with van der Waals surface area (Å²) in [5, 5.41) is 10.7.